The van der Waals surface area contributed by atoms with Crippen LogP contribution in [0.15, 0.2) is 18.2 Å². The number of ether oxygens (including phenoxy) is 1. The molecular formula is C25H37FN4O2. The number of piperazine rings is 1. The predicted molar refractivity (Wildman–Crippen MR) is 122 cm³/mol. The molecule has 2 atom stereocenters. The van der Waals surface area contributed by atoms with Crippen molar-refractivity contribution in [3.63, 3.8) is 0 Å². The Morgan fingerprint density at radius 3 is 2.50 bits per heavy atom. The molecule has 0 radical (unpaired) electrons. The van der Waals surface area contributed by atoms with Crippen LogP contribution in [0.1, 0.15) is 54.4 Å². The van der Waals surface area contributed by atoms with Gasteiger partial charge in [0.1, 0.15) is 5.82 Å². The lowest BCUT2D eigenvalue weighted by molar-refractivity contribution is -0.0746. The minimum atomic E-state index is -0.339. The lowest BCUT2D eigenvalue weighted by Crippen LogP contribution is -2.60. The van der Waals surface area contributed by atoms with Gasteiger partial charge in [-0.05, 0) is 49.4 Å². The maximum Gasteiger partial charge on any atom is 0.254 e. The average Bonchev–Trinajstić information content (AvgIpc) is 2.79. The van der Waals surface area contributed by atoms with Crippen molar-refractivity contribution in [2.24, 2.45) is 11.7 Å². The minimum absolute atomic E-state index is 0.0683. The number of piperidine rings is 1. The largest absolute Gasteiger partial charge is 0.378 e. The van der Waals surface area contributed by atoms with Crippen molar-refractivity contribution in [3.05, 3.63) is 35.1 Å². The fraction of sp³-hybridized carbons (Fsp3) is 0.720. The summed E-state index contributed by atoms with van der Waals surface area (Å²) >= 11 is 0. The van der Waals surface area contributed by atoms with E-state index in [2.05, 4.69) is 10.2 Å². The number of carbonyl (C=O) groups excluding carboxylic acids is 1. The molecule has 7 heteroatoms. The molecule has 0 spiro atoms. The van der Waals surface area contributed by atoms with E-state index in [9.17, 15) is 4.79 Å². The summed E-state index contributed by atoms with van der Waals surface area (Å²) in [5.74, 6) is 0.0817. The first kappa shape index (κ1) is 22.3. The summed E-state index contributed by atoms with van der Waals surface area (Å²) in [6, 6.07) is 5.58. The van der Waals surface area contributed by atoms with Crippen LogP contribution in [0.25, 0.3) is 0 Å². The van der Waals surface area contributed by atoms with E-state index in [-0.39, 0.29) is 23.2 Å². The lowest BCUT2D eigenvalue weighted by Gasteiger charge is -2.50. The van der Waals surface area contributed by atoms with Crippen LogP contribution in [0.5, 0.6) is 0 Å². The van der Waals surface area contributed by atoms with Crippen molar-refractivity contribution in [1.29, 1.82) is 0 Å². The SMILES string of the molecule is NC1CNCCC1(c1ccc(C(=O)N2CCN(C3COC3)CC2)cc1F)C1CCCCC1. The Bertz CT molecular complexity index is 818. The number of nitrogens with zero attached hydrogens (tertiary/aromatic N) is 2. The highest BCUT2D eigenvalue weighted by Crippen LogP contribution is 2.47. The van der Waals surface area contributed by atoms with Crippen molar-refractivity contribution in [1.82, 2.24) is 15.1 Å². The molecule has 3 saturated heterocycles. The van der Waals surface area contributed by atoms with Crippen LogP contribution in [0, 0.1) is 11.7 Å². The summed E-state index contributed by atoms with van der Waals surface area (Å²) in [5.41, 5.74) is 7.54. The summed E-state index contributed by atoms with van der Waals surface area (Å²) in [6.45, 7) is 6.23. The van der Waals surface area contributed by atoms with Crippen LogP contribution in [-0.2, 0) is 10.2 Å². The van der Waals surface area contributed by atoms with Crippen LogP contribution in [0.3, 0.4) is 0 Å². The van der Waals surface area contributed by atoms with Gasteiger partial charge in [-0.25, -0.2) is 4.39 Å². The highest BCUT2D eigenvalue weighted by molar-refractivity contribution is 5.94. The normalized spacial score (nSPS) is 30.8. The number of carbonyl (C=O) groups is 1. The van der Waals surface area contributed by atoms with Crippen molar-refractivity contribution in [3.8, 4) is 0 Å². The van der Waals surface area contributed by atoms with Gasteiger partial charge in [0.2, 0.25) is 0 Å². The number of rotatable bonds is 4. The van der Waals surface area contributed by atoms with Crippen LogP contribution in [-0.4, -0.2) is 80.3 Å². The molecule has 3 aliphatic heterocycles. The molecule has 5 rings (SSSR count). The third-order valence-corrected chi connectivity index (χ3v) is 8.53. The quantitative estimate of drug-likeness (QED) is 0.745. The van der Waals surface area contributed by atoms with Gasteiger partial charge in [-0.2, -0.15) is 0 Å². The van der Waals surface area contributed by atoms with E-state index in [1.165, 1.54) is 25.3 Å². The highest BCUT2D eigenvalue weighted by Gasteiger charge is 2.48. The summed E-state index contributed by atoms with van der Waals surface area (Å²) < 4.78 is 21.0. The predicted octanol–water partition coefficient (Wildman–Crippen LogP) is 2.12. The standard InChI is InChI=1S/C25H37FN4O2/c26-22-14-18(24(31)30-12-10-29(11-13-30)20-16-32-17-20)6-7-21(22)25(8-9-28-15-23(25)27)19-4-2-1-3-5-19/h6-7,14,19-20,23,28H,1-5,8-13,15-17,27H2. The molecule has 1 saturated carbocycles. The minimum Gasteiger partial charge on any atom is -0.378 e. The first-order chi connectivity index (χ1) is 15.6. The molecule has 176 valence electrons. The number of benzene rings is 1. The number of hydrogen-bond acceptors (Lipinski definition) is 5. The molecule has 1 aromatic rings. The molecule has 3 heterocycles. The van der Waals surface area contributed by atoms with Crippen molar-refractivity contribution >= 4 is 5.91 Å². The molecule has 4 fully saturated rings. The van der Waals surface area contributed by atoms with Gasteiger partial charge in [-0.3, -0.25) is 9.69 Å². The monoisotopic (exact) mass is 444 g/mol. The van der Waals surface area contributed by atoms with Gasteiger partial charge in [0.15, 0.2) is 0 Å². The maximum atomic E-state index is 15.7. The summed E-state index contributed by atoms with van der Waals surface area (Å²) in [5, 5.41) is 3.39. The molecule has 2 unspecified atom stereocenters. The fourth-order valence-electron chi connectivity index (χ4n) is 6.53. The molecule has 4 aliphatic rings. The Balaban J connectivity index is 1.35. The van der Waals surface area contributed by atoms with Crippen LogP contribution >= 0.6 is 0 Å². The second kappa shape index (κ2) is 9.37. The van der Waals surface area contributed by atoms with Gasteiger partial charge in [0.05, 0.1) is 19.3 Å². The van der Waals surface area contributed by atoms with E-state index in [4.69, 9.17) is 10.5 Å². The Labute approximate surface area is 190 Å². The Hall–Kier alpha value is -1.54. The molecule has 32 heavy (non-hydrogen) atoms. The van der Waals surface area contributed by atoms with Crippen molar-refractivity contribution in [2.45, 2.75) is 56.0 Å². The smallest absolute Gasteiger partial charge is 0.254 e. The Morgan fingerprint density at radius 2 is 1.88 bits per heavy atom. The van der Waals surface area contributed by atoms with E-state index in [0.29, 0.717) is 37.2 Å². The zero-order valence-corrected chi connectivity index (χ0v) is 19.0. The van der Waals surface area contributed by atoms with Crippen molar-refractivity contribution in [2.75, 3.05) is 52.5 Å². The maximum absolute atomic E-state index is 15.7. The third kappa shape index (κ3) is 3.98. The van der Waals surface area contributed by atoms with E-state index in [1.807, 2.05) is 17.0 Å². The number of halogens is 1. The second-order valence-electron chi connectivity index (χ2n) is 10.1. The number of amides is 1. The van der Waals surface area contributed by atoms with Gasteiger partial charge in [0, 0.05) is 49.7 Å². The molecule has 1 aliphatic carbocycles. The zero-order valence-electron chi connectivity index (χ0n) is 19.0. The molecule has 0 bridgehead atoms. The van der Waals surface area contributed by atoms with Gasteiger partial charge < -0.3 is 20.7 Å². The van der Waals surface area contributed by atoms with E-state index < -0.39 is 0 Å². The summed E-state index contributed by atoms with van der Waals surface area (Å²) in [6.07, 6.45) is 6.74. The zero-order chi connectivity index (χ0) is 22.1. The first-order valence-corrected chi connectivity index (χ1v) is 12.5. The number of nitrogens with two attached hydrogens (primary N) is 1. The van der Waals surface area contributed by atoms with Gasteiger partial charge in [-0.1, -0.05) is 25.3 Å². The van der Waals surface area contributed by atoms with Crippen LogP contribution in [0.2, 0.25) is 0 Å². The van der Waals surface area contributed by atoms with Gasteiger partial charge >= 0.3 is 0 Å². The third-order valence-electron chi connectivity index (χ3n) is 8.53. The van der Waals surface area contributed by atoms with E-state index >= 15 is 4.39 Å². The molecule has 1 aromatic carbocycles. The number of hydrogen-bond donors (Lipinski definition) is 2. The average molecular weight is 445 g/mol. The first-order valence-electron chi connectivity index (χ1n) is 12.5. The summed E-state index contributed by atoms with van der Waals surface area (Å²) in [7, 11) is 0. The van der Waals surface area contributed by atoms with E-state index in [0.717, 1.165) is 57.7 Å². The molecule has 1 amide bonds. The van der Waals surface area contributed by atoms with E-state index in [1.54, 1.807) is 0 Å². The van der Waals surface area contributed by atoms with Crippen LogP contribution < -0.4 is 11.1 Å². The fourth-order valence-corrected chi connectivity index (χ4v) is 6.53. The van der Waals surface area contributed by atoms with Gasteiger partial charge in [0.25, 0.3) is 5.91 Å². The highest BCUT2D eigenvalue weighted by atomic mass is 19.1. The Morgan fingerprint density at radius 1 is 1.12 bits per heavy atom. The molecule has 0 aromatic heterocycles. The molecule has 3 N–H and O–H groups in total. The molecular weight excluding hydrogens is 407 g/mol. The lowest BCUT2D eigenvalue weighted by atomic mass is 9.58. The van der Waals surface area contributed by atoms with Crippen molar-refractivity contribution < 1.29 is 13.9 Å². The summed E-state index contributed by atoms with van der Waals surface area (Å²) in [4.78, 5) is 17.4. The van der Waals surface area contributed by atoms with Gasteiger partial charge in [-0.15, -0.1) is 0 Å². The number of nitrogens with one attached hydrogen (secondary N) is 1. The Kier molecular flexibility index (Phi) is 6.52. The topological polar surface area (TPSA) is 70.8 Å². The van der Waals surface area contributed by atoms with Crippen LogP contribution in [0.4, 0.5) is 4.39 Å². The second-order valence-corrected chi connectivity index (χ2v) is 10.1. The molecule has 6 nitrogen and oxygen atoms in total.